The summed E-state index contributed by atoms with van der Waals surface area (Å²) in [6.45, 7) is 2.21. The van der Waals surface area contributed by atoms with Crippen molar-refractivity contribution in [1.82, 2.24) is 5.01 Å². The first-order valence-corrected chi connectivity index (χ1v) is 11.8. The van der Waals surface area contributed by atoms with Gasteiger partial charge in [-0.3, -0.25) is 10.2 Å². The summed E-state index contributed by atoms with van der Waals surface area (Å²) >= 11 is 2.70. The lowest BCUT2D eigenvalue weighted by atomic mass is 10.1. The van der Waals surface area contributed by atoms with Crippen LogP contribution < -0.4 is 4.74 Å². The Balaban J connectivity index is 1.27. The number of nitrogens with one attached hydrogen (secondary N) is 1. The standard InChI is InChI=1S/C23H18N4O4S2/c1-14-4-2-5-15(10-14)30-12-19-26-27-21(24)18(22(28)25-23(27)33-19)11-16-7-8-20(31-16)32-13-17-6-3-9-29-17/h2-11,24H,12-13H2,1H3/b18-11-,24-21?. The molecule has 1 N–H and O–H groups in total. The van der Waals surface area contributed by atoms with Crippen molar-refractivity contribution in [3.8, 4) is 5.75 Å². The maximum absolute atomic E-state index is 12.6. The average molecular weight is 479 g/mol. The van der Waals surface area contributed by atoms with Crippen molar-refractivity contribution in [3.63, 3.8) is 0 Å². The van der Waals surface area contributed by atoms with Gasteiger partial charge in [-0.25, -0.2) is 0 Å². The number of hydrogen-bond donors (Lipinski definition) is 1. The van der Waals surface area contributed by atoms with E-state index in [1.807, 2.05) is 49.4 Å². The van der Waals surface area contributed by atoms with E-state index in [0.717, 1.165) is 17.1 Å². The van der Waals surface area contributed by atoms with E-state index in [9.17, 15) is 4.79 Å². The molecule has 0 saturated carbocycles. The highest BCUT2D eigenvalue weighted by Crippen LogP contribution is 2.30. The van der Waals surface area contributed by atoms with Gasteiger partial charge in [-0.1, -0.05) is 23.9 Å². The van der Waals surface area contributed by atoms with E-state index in [1.54, 1.807) is 12.3 Å². The fourth-order valence-corrected chi connectivity index (χ4v) is 4.68. The van der Waals surface area contributed by atoms with Crippen molar-refractivity contribution in [2.24, 2.45) is 10.1 Å². The van der Waals surface area contributed by atoms with Crippen LogP contribution in [0.15, 0.2) is 84.4 Å². The fraction of sp³-hybridized carbons (Fsp3) is 0.130. The first kappa shape index (κ1) is 21.4. The Morgan fingerprint density at radius 1 is 1.24 bits per heavy atom. The molecule has 4 heterocycles. The van der Waals surface area contributed by atoms with Crippen LogP contribution in [-0.4, -0.2) is 33.6 Å². The molecule has 5 rings (SSSR count). The van der Waals surface area contributed by atoms with Crippen molar-refractivity contribution in [1.29, 1.82) is 5.41 Å². The van der Waals surface area contributed by atoms with Gasteiger partial charge in [0.1, 0.15) is 28.9 Å². The van der Waals surface area contributed by atoms with Crippen LogP contribution >= 0.6 is 23.5 Å². The highest BCUT2D eigenvalue weighted by atomic mass is 32.2. The number of furan rings is 2. The quantitative estimate of drug-likeness (QED) is 0.369. The number of carbonyl (C=O) groups excluding carboxylic acids is 1. The number of ether oxygens (including phenoxy) is 1. The second-order valence-corrected chi connectivity index (χ2v) is 9.16. The van der Waals surface area contributed by atoms with Crippen LogP contribution in [-0.2, 0) is 10.5 Å². The molecular formula is C23H18N4O4S2. The number of benzene rings is 1. The van der Waals surface area contributed by atoms with Crippen LogP contribution in [0.4, 0.5) is 0 Å². The first-order chi connectivity index (χ1) is 16.0. The maximum Gasteiger partial charge on any atom is 0.283 e. The molecule has 0 aliphatic carbocycles. The second-order valence-electron chi connectivity index (χ2n) is 7.14. The number of carbonyl (C=O) groups is 1. The van der Waals surface area contributed by atoms with Gasteiger partial charge >= 0.3 is 0 Å². The summed E-state index contributed by atoms with van der Waals surface area (Å²) < 4.78 is 16.9. The van der Waals surface area contributed by atoms with Gasteiger partial charge in [-0.05, 0) is 66.7 Å². The molecule has 0 atom stereocenters. The van der Waals surface area contributed by atoms with Crippen LogP contribution in [0.5, 0.6) is 5.75 Å². The molecule has 0 unspecified atom stereocenters. The number of amidine groups is 2. The van der Waals surface area contributed by atoms with E-state index < -0.39 is 5.91 Å². The van der Waals surface area contributed by atoms with Crippen LogP contribution in [0.3, 0.4) is 0 Å². The van der Waals surface area contributed by atoms with Gasteiger partial charge in [-0.15, -0.1) is 0 Å². The number of thioether (sulfide) groups is 2. The average Bonchev–Trinajstić information content (AvgIpc) is 3.55. The predicted octanol–water partition coefficient (Wildman–Crippen LogP) is 5.17. The Labute approximate surface area is 197 Å². The number of fused-ring (bicyclic) bond motifs is 1. The molecule has 0 saturated heterocycles. The molecule has 0 spiro atoms. The van der Waals surface area contributed by atoms with Crippen LogP contribution in [0.25, 0.3) is 6.08 Å². The van der Waals surface area contributed by atoms with Gasteiger partial charge in [0.2, 0.25) is 5.17 Å². The molecule has 33 heavy (non-hydrogen) atoms. The predicted molar refractivity (Wildman–Crippen MR) is 129 cm³/mol. The molecule has 2 aromatic heterocycles. The number of nitrogens with zero attached hydrogens (tertiary/aromatic N) is 3. The molecule has 1 amide bonds. The third-order valence-electron chi connectivity index (χ3n) is 4.67. The molecule has 2 aliphatic heterocycles. The topological polar surface area (TPSA) is 104 Å². The molecule has 0 fully saturated rings. The number of amides is 1. The summed E-state index contributed by atoms with van der Waals surface area (Å²) in [5, 5.41) is 15.9. The zero-order valence-electron chi connectivity index (χ0n) is 17.5. The summed E-state index contributed by atoms with van der Waals surface area (Å²) in [6.07, 6.45) is 3.14. The Bertz CT molecular complexity index is 1310. The van der Waals surface area contributed by atoms with Gasteiger partial charge in [-0.2, -0.15) is 15.1 Å². The number of hydrogen-bond acceptors (Lipinski definition) is 8. The lowest BCUT2D eigenvalue weighted by Crippen LogP contribution is -2.35. The van der Waals surface area contributed by atoms with Crippen molar-refractivity contribution < 1.29 is 18.4 Å². The van der Waals surface area contributed by atoms with Gasteiger partial charge < -0.3 is 13.6 Å². The summed E-state index contributed by atoms with van der Waals surface area (Å²) in [4.78, 5) is 16.7. The Morgan fingerprint density at radius 3 is 2.97 bits per heavy atom. The smallest absolute Gasteiger partial charge is 0.283 e. The van der Waals surface area contributed by atoms with Crippen molar-refractivity contribution in [2.75, 3.05) is 6.61 Å². The monoisotopic (exact) mass is 478 g/mol. The van der Waals surface area contributed by atoms with Crippen molar-refractivity contribution >= 4 is 51.6 Å². The zero-order chi connectivity index (χ0) is 22.8. The molecule has 0 bridgehead atoms. The molecule has 1 aromatic carbocycles. The third kappa shape index (κ3) is 4.81. The number of hydrazone groups is 1. The highest BCUT2D eigenvalue weighted by Gasteiger charge is 2.36. The molecule has 8 nitrogen and oxygen atoms in total. The first-order valence-electron chi connectivity index (χ1n) is 9.99. The molecule has 0 radical (unpaired) electrons. The Kier molecular flexibility index (Phi) is 5.93. The SMILES string of the molecule is Cc1cccc(OCC2=NN3C(=N)/C(=C/c4ccc(SCc5ccco5)o4)C(=O)N=C3S2)c1. The van der Waals surface area contributed by atoms with E-state index in [1.165, 1.54) is 34.6 Å². The number of aliphatic imine (C=N–C) groups is 1. The van der Waals surface area contributed by atoms with E-state index in [-0.39, 0.29) is 18.0 Å². The normalized spacial score (nSPS) is 16.8. The second kappa shape index (κ2) is 9.16. The summed E-state index contributed by atoms with van der Waals surface area (Å²) in [7, 11) is 0. The lowest BCUT2D eigenvalue weighted by Gasteiger charge is -2.19. The minimum atomic E-state index is -0.504. The molecule has 3 aromatic rings. The van der Waals surface area contributed by atoms with Gasteiger partial charge in [0.05, 0.1) is 17.6 Å². The number of rotatable bonds is 7. The lowest BCUT2D eigenvalue weighted by molar-refractivity contribution is -0.114. The molecule has 166 valence electrons. The summed E-state index contributed by atoms with van der Waals surface area (Å²) in [6, 6.07) is 15.0. The minimum Gasteiger partial charge on any atom is -0.487 e. The molecule has 10 heteroatoms. The largest absolute Gasteiger partial charge is 0.487 e. The maximum atomic E-state index is 12.6. The van der Waals surface area contributed by atoms with Gasteiger partial charge in [0, 0.05) is 0 Å². The van der Waals surface area contributed by atoms with Crippen molar-refractivity contribution in [3.05, 3.63) is 77.5 Å². The summed E-state index contributed by atoms with van der Waals surface area (Å²) in [5.74, 6) is 2.11. The van der Waals surface area contributed by atoms with E-state index in [4.69, 9.17) is 19.0 Å². The third-order valence-corrected chi connectivity index (χ3v) is 6.49. The van der Waals surface area contributed by atoms with E-state index >= 15 is 0 Å². The van der Waals surface area contributed by atoms with Crippen LogP contribution in [0.2, 0.25) is 0 Å². The Morgan fingerprint density at radius 2 is 2.15 bits per heavy atom. The Hall–Kier alpha value is -3.50. The van der Waals surface area contributed by atoms with Crippen LogP contribution in [0.1, 0.15) is 17.1 Å². The number of aryl methyl sites for hydroxylation is 1. The van der Waals surface area contributed by atoms with Crippen LogP contribution in [0, 0.1) is 12.3 Å². The minimum absolute atomic E-state index is 0.0516. The summed E-state index contributed by atoms with van der Waals surface area (Å²) in [5.41, 5.74) is 1.21. The zero-order valence-corrected chi connectivity index (χ0v) is 19.1. The van der Waals surface area contributed by atoms with Gasteiger partial charge in [0.15, 0.2) is 10.9 Å². The molecule has 2 aliphatic rings. The van der Waals surface area contributed by atoms with Gasteiger partial charge in [0.25, 0.3) is 5.91 Å². The molecular weight excluding hydrogens is 460 g/mol. The van der Waals surface area contributed by atoms with Crippen molar-refractivity contribution in [2.45, 2.75) is 17.8 Å². The van der Waals surface area contributed by atoms with E-state index in [0.29, 0.717) is 26.8 Å². The highest BCUT2D eigenvalue weighted by molar-refractivity contribution is 8.27. The fourth-order valence-electron chi connectivity index (χ4n) is 3.11. The van der Waals surface area contributed by atoms with E-state index in [2.05, 4.69) is 10.1 Å².